The van der Waals surface area contributed by atoms with E-state index < -0.39 is 0 Å². The number of nitrogen functional groups attached to an aromatic ring is 1. The van der Waals surface area contributed by atoms with Gasteiger partial charge in [-0.05, 0) is 37.6 Å². The molecular weight excluding hydrogens is 230 g/mol. The molecule has 0 fully saturated rings. The number of hydrogen-bond acceptors (Lipinski definition) is 5. The quantitative estimate of drug-likeness (QED) is 0.626. The second-order valence-corrected chi connectivity index (χ2v) is 3.93. The Kier molecular flexibility index (Phi) is 4.30. The van der Waals surface area contributed by atoms with Crippen LogP contribution in [0.2, 0.25) is 0 Å². The Hall–Kier alpha value is -1.88. The lowest BCUT2D eigenvalue weighted by atomic mass is 10.2. The van der Waals surface area contributed by atoms with Crippen molar-refractivity contribution < 1.29 is 9.26 Å². The monoisotopic (exact) mass is 247 g/mol. The van der Waals surface area contributed by atoms with Crippen LogP contribution in [0.3, 0.4) is 0 Å². The van der Waals surface area contributed by atoms with E-state index in [0.29, 0.717) is 11.7 Å². The summed E-state index contributed by atoms with van der Waals surface area (Å²) in [4.78, 5) is 4.33. The van der Waals surface area contributed by atoms with Crippen LogP contribution in [0.4, 0.5) is 5.69 Å². The highest BCUT2D eigenvalue weighted by Crippen LogP contribution is 2.17. The molecule has 0 aliphatic heterocycles. The summed E-state index contributed by atoms with van der Waals surface area (Å²) >= 11 is 0. The summed E-state index contributed by atoms with van der Waals surface area (Å²) in [5, 5.41) is 3.95. The van der Waals surface area contributed by atoms with E-state index >= 15 is 0 Å². The van der Waals surface area contributed by atoms with Crippen molar-refractivity contribution in [1.82, 2.24) is 10.1 Å². The van der Waals surface area contributed by atoms with Crippen LogP contribution in [-0.4, -0.2) is 23.4 Å². The van der Waals surface area contributed by atoms with Gasteiger partial charge in [-0.1, -0.05) is 5.16 Å². The lowest BCUT2D eigenvalue weighted by Gasteiger charge is -1.97. The Bertz CT molecular complexity index is 479. The van der Waals surface area contributed by atoms with Crippen molar-refractivity contribution in [2.75, 3.05) is 18.9 Å². The molecule has 5 nitrogen and oxygen atoms in total. The Morgan fingerprint density at radius 2 is 2.06 bits per heavy atom. The van der Waals surface area contributed by atoms with Crippen LogP contribution in [0, 0.1) is 0 Å². The van der Waals surface area contributed by atoms with Crippen LogP contribution >= 0.6 is 0 Å². The highest BCUT2D eigenvalue weighted by Gasteiger charge is 2.07. The number of ether oxygens (including phenoxy) is 1. The minimum atomic E-state index is 0.599. The Balaban J connectivity index is 1.95. The van der Waals surface area contributed by atoms with E-state index in [1.54, 1.807) is 0 Å². The molecule has 1 aromatic heterocycles. The van der Waals surface area contributed by atoms with E-state index in [2.05, 4.69) is 10.1 Å². The normalized spacial score (nSPS) is 10.7. The molecule has 2 aromatic rings. The van der Waals surface area contributed by atoms with Crippen LogP contribution in [0.5, 0.6) is 0 Å². The van der Waals surface area contributed by atoms with Gasteiger partial charge >= 0.3 is 0 Å². The number of rotatable bonds is 6. The molecule has 0 radical (unpaired) electrons. The van der Waals surface area contributed by atoms with E-state index in [0.717, 1.165) is 37.3 Å². The second-order valence-electron chi connectivity index (χ2n) is 3.93. The third-order valence-corrected chi connectivity index (χ3v) is 2.52. The Morgan fingerprint density at radius 1 is 1.28 bits per heavy atom. The van der Waals surface area contributed by atoms with E-state index in [9.17, 15) is 0 Å². The molecular formula is C13H17N3O2. The maximum absolute atomic E-state index is 5.63. The number of aryl methyl sites for hydroxylation is 1. The van der Waals surface area contributed by atoms with Gasteiger partial charge in [-0.15, -0.1) is 0 Å². The van der Waals surface area contributed by atoms with Gasteiger partial charge in [0, 0.05) is 30.9 Å². The van der Waals surface area contributed by atoms with E-state index in [1.807, 2.05) is 31.2 Å². The lowest BCUT2D eigenvalue weighted by molar-refractivity contribution is 0.143. The molecule has 18 heavy (non-hydrogen) atoms. The van der Waals surface area contributed by atoms with Gasteiger partial charge in [0.15, 0.2) is 0 Å². The van der Waals surface area contributed by atoms with Gasteiger partial charge in [-0.2, -0.15) is 4.98 Å². The van der Waals surface area contributed by atoms with Gasteiger partial charge < -0.3 is 15.0 Å². The molecule has 1 aromatic carbocycles. The highest BCUT2D eigenvalue weighted by molar-refractivity contribution is 5.57. The fourth-order valence-electron chi connectivity index (χ4n) is 1.58. The number of nitrogens with zero attached hydrogens (tertiary/aromatic N) is 2. The summed E-state index contributed by atoms with van der Waals surface area (Å²) in [5.41, 5.74) is 7.25. The van der Waals surface area contributed by atoms with Crippen molar-refractivity contribution in [3.63, 3.8) is 0 Å². The molecule has 0 bridgehead atoms. The van der Waals surface area contributed by atoms with Crippen LogP contribution in [0.15, 0.2) is 28.8 Å². The second kappa shape index (κ2) is 6.16. The van der Waals surface area contributed by atoms with Gasteiger partial charge in [-0.25, -0.2) is 0 Å². The zero-order valence-electron chi connectivity index (χ0n) is 10.4. The summed E-state index contributed by atoms with van der Waals surface area (Å²) in [6, 6.07) is 7.40. The van der Waals surface area contributed by atoms with Crippen molar-refractivity contribution in [1.29, 1.82) is 0 Å². The zero-order valence-corrected chi connectivity index (χ0v) is 10.4. The molecule has 0 saturated carbocycles. The molecule has 96 valence electrons. The Morgan fingerprint density at radius 3 is 2.78 bits per heavy atom. The molecule has 2 rings (SSSR count). The van der Waals surface area contributed by atoms with Crippen LogP contribution < -0.4 is 5.73 Å². The molecule has 2 N–H and O–H groups in total. The maximum Gasteiger partial charge on any atom is 0.227 e. The topological polar surface area (TPSA) is 74.2 Å². The number of nitrogens with two attached hydrogens (primary N) is 1. The number of benzene rings is 1. The SMILES string of the molecule is CCOCCCc1nc(-c2ccc(N)cc2)no1. The smallest absolute Gasteiger partial charge is 0.227 e. The largest absolute Gasteiger partial charge is 0.399 e. The van der Waals surface area contributed by atoms with Gasteiger partial charge in [0.05, 0.1) is 0 Å². The van der Waals surface area contributed by atoms with Crippen molar-refractivity contribution in [3.8, 4) is 11.4 Å². The molecule has 5 heteroatoms. The fourth-order valence-corrected chi connectivity index (χ4v) is 1.58. The van der Waals surface area contributed by atoms with Gasteiger partial charge in [0.25, 0.3) is 0 Å². The average molecular weight is 247 g/mol. The zero-order chi connectivity index (χ0) is 12.8. The third-order valence-electron chi connectivity index (χ3n) is 2.52. The van der Waals surface area contributed by atoms with Gasteiger partial charge in [0.2, 0.25) is 11.7 Å². The standard InChI is InChI=1S/C13H17N3O2/c1-2-17-9-3-4-12-15-13(16-18-12)10-5-7-11(14)8-6-10/h5-8H,2-4,9,14H2,1H3. The summed E-state index contributed by atoms with van der Waals surface area (Å²) in [7, 11) is 0. The van der Waals surface area contributed by atoms with Crippen molar-refractivity contribution in [2.24, 2.45) is 0 Å². The van der Waals surface area contributed by atoms with Crippen molar-refractivity contribution in [2.45, 2.75) is 19.8 Å². The fraction of sp³-hybridized carbons (Fsp3) is 0.385. The number of aromatic nitrogens is 2. The van der Waals surface area contributed by atoms with E-state index in [4.69, 9.17) is 15.0 Å². The van der Waals surface area contributed by atoms with Gasteiger partial charge in [-0.3, -0.25) is 0 Å². The molecule has 0 aliphatic carbocycles. The predicted octanol–water partition coefficient (Wildman–Crippen LogP) is 2.29. The molecule has 0 saturated heterocycles. The summed E-state index contributed by atoms with van der Waals surface area (Å²) < 4.78 is 10.4. The third kappa shape index (κ3) is 3.30. The first-order chi connectivity index (χ1) is 8.79. The van der Waals surface area contributed by atoms with E-state index in [1.165, 1.54) is 0 Å². The number of anilines is 1. The summed E-state index contributed by atoms with van der Waals surface area (Å²) in [5.74, 6) is 1.24. The van der Waals surface area contributed by atoms with Crippen LogP contribution in [0.1, 0.15) is 19.2 Å². The summed E-state index contributed by atoms with van der Waals surface area (Å²) in [6.45, 7) is 3.43. The molecule has 0 amide bonds. The lowest BCUT2D eigenvalue weighted by Crippen LogP contribution is -1.96. The van der Waals surface area contributed by atoms with Crippen molar-refractivity contribution in [3.05, 3.63) is 30.2 Å². The molecule has 0 atom stereocenters. The number of hydrogen-bond donors (Lipinski definition) is 1. The predicted molar refractivity (Wildman–Crippen MR) is 69.0 cm³/mol. The average Bonchev–Trinajstić information content (AvgIpc) is 2.84. The van der Waals surface area contributed by atoms with Gasteiger partial charge in [0.1, 0.15) is 0 Å². The minimum absolute atomic E-state index is 0.599. The summed E-state index contributed by atoms with van der Waals surface area (Å²) in [6.07, 6.45) is 1.62. The molecule has 0 spiro atoms. The highest BCUT2D eigenvalue weighted by atomic mass is 16.5. The minimum Gasteiger partial charge on any atom is -0.399 e. The first kappa shape index (κ1) is 12.6. The van der Waals surface area contributed by atoms with Crippen LogP contribution in [0.25, 0.3) is 11.4 Å². The maximum atomic E-state index is 5.63. The first-order valence-corrected chi connectivity index (χ1v) is 6.06. The Labute approximate surface area is 106 Å². The van der Waals surface area contributed by atoms with Crippen LogP contribution in [-0.2, 0) is 11.2 Å². The molecule has 0 unspecified atom stereocenters. The first-order valence-electron chi connectivity index (χ1n) is 6.06. The molecule has 0 aliphatic rings. The molecule has 1 heterocycles. The van der Waals surface area contributed by atoms with Crippen molar-refractivity contribution >= 4 is 5.69 Å². The van der Waals surface area contributed by atoms with E-state index in [-0.39, 0.29) is 0 Å².